The van der Waals surface area contributed by atoms with Crippen molar-refractivity contribution >= 4 is 5.91 Å². The number of benzene rings is 1. The van der Waals surface area contributed by atoms with Gasteiger partial charge in [0, 0.05) is 32.2 Å². The van der Waals surface area contributed by atoms with E-state index in [2.05, 4.69) is 16.8 Å². The van der Waals surface area contributed by atoms with Crippen molar-refractivity contribution in [1.29, 1.82) is 0 Å². The van der Waals surface area contributed by atoms with E-state index in [0.717, 1.165) is 44.8 Å². The maximum absolute atomic E-state index is 12.3. The van der Waals surface area contributed by atoms with Gasteiger partial charge in [-0.15, -0.1) is 0 Å². The van der Waals surface area contributed by atoms with Crippen LogP contribution in [0.4, 0.5) is 0 Å². The molecule has 3 saturated heterocycles. The normalized spacial score (nSPS) is 26.2. The number of carbonyl (C=O) groups excluding carboxylic acids is 1. The van der Waals surface area contributed by atoms with Crippen LogP contribution in [0.25, 0.3) is 0 Å². The minimum Gasteiger partial charge on any atom is -0.370 e. The summed E-state index contributed by atoms with van der Waals surface area (Å²) in [4.78, 5) is 19.1. The molecule has 0 aromatic heterocycles. The van der Waals surface area contributed by atoms with Crippen LogP contribution < -0.4 is 0 Å². The highest BCUT2D eigenvalue weighted by Gasteiger charge is 2.52. The van der Waals surface area contributed by atoms with Crippen molar-refractivity contribution in [2.75, 3.05) is 59.5 Å². The van der Waals surface area contributed by atoms with Gasteiger partial charge >= 0.3 is 0 Å². The molecule has 1 aromatic carbocycles. The zero-order chi connectivity index (χ0) is 18.0. The molecule has 26 heavy (non-hydrogen) atoms. The first-order valence-electron chi connectivity index (χ1n) is 9.60. The average Bonchev–Trinajstić information content (AvgIpc) is 3.08. The number of hydrogen-bond donors (Lipinski definition) is 0. The van der Waals surface area contributed by atoms with E-state index in [0.29, 0.717) is 25.7 Å². The first-order chi connectivity index (χ1) is 12.6. The summed E-state index contributed by atoms with van der Waals surface area (Å²) in [6.07, 6.45) is 1.05. The van der Waals surface area contributed by atoms with Crippen LogP contribution in [0, 0.1) is 0 Å². The summed E-state index contributed by atoms with van der Waals surface area (Å²) in [5.41, 5.74) is 0.984. The predicted molar refractivity (Wildman–Crippen MR) is 98.8 cm³/mol. The van der Waals surface area contributed by atoms with Crippen LogP contribution in [-0.4, -0.2) is 91.8 Å². The molecule has 0 aliphatic carbocycles. The summed E-state index contributed by atoms with van der Waals surface area (Å²) < 4.78 is 11.7. The summed E-state index contributed by atoms with van der Waals surface area (Å²) in [7, 11) is 2.18. The number of likely N-dealkylation sites (tertiary alicyclic amines) is 1. The number of hydrogen-bond acceptors (Lipinski definition) is 5. The van der Waals surface area contributed by atoms with Crippen molar-refractivity contribution < 1.29 is 14.3 Å². The lowest BCUT2D eigenvalue weighted by molar-refractivity contribution is -0.162. The minimum atomic E-state index is -0.108. The van der Waals surface area contributed by atoms with Gasteiger partial charge < -0.3 is 19.3 Å². The topological polar surface area (TPSA) is 45.2 Å². The van der Waals surface area contributed by atoms with E-state index < -0.39 is 0 Å². The van der Waals surface area contributed by atoms with Gasteiger partial charge in [0.05, 0.1) is 26.3 Å². The average molecular weight is 359 g/mol. The largest absolute Gasteiger partial charge is 0.370 e. The number of nitrogens with zero attached hydrogens (tertiary/aromatic N) is 3. The number of amides is 1. The Kier molecular flexibility index (Phi) is 5.27. The summed E-state index contributed by atoms with van der Waals surface area (Å²) >= 11 is 0. The van der Waals surface area contributed by atoms with E-state index in [4.69, 9.17) is 9.47 Å². The Bertz CT molecular complexity index is 610. The van der Waals surface area contributed by atoms with Gasteiger partial charge in [-0.2, -0.15) is 0 Å². The molecule has 0 radical (unpaired) electrons. The van der Waals surface area contributed by atoms with Gasteiger partial charge in [-0.1, -0.05) is 30.3 Å². The van der Waals surface area contributed by atoms with Gasteiger partial charge in [-0.05, 0) is 19.0 Å². The van der Waals surface area contributed by atoms with Crippen LogP contribution in [0.2, 0.25) is 0 Å². The van der Waals surface area contributed by atoms with E-state index in [1.165, 1.54) is 0 Å². The lowest BCUT2D eigenvalue weighted by Gasteiger charge is -2.47. The summed E-state index contributed by atoms with van der Waals surface area (Å²) in [5.74, 6) is 0.0678. The zero-order valence-electron chi connectivity index (χ0n) is 15.6. The fourth-order valence-corrected chi connectivity index (χ4v) is 4.21. The second-order valence-corrected chi connectivity index (χ2v) is 7.92. The first-order valence-corrected chi connectivity index (χ1v) is 9.60. The van der Waals surface area contributed by atoms with Crippen molar-refractivity contribution in [2.45, 2.75) is 24.7 Å². The fourth-order valence-electron chi connectivity index (χ4n) is 4.21. The second kappa shape index (κ2) is 7.64. The number of rotatable bonds is 5. The molecule has 142 valence electrons. The molecule has 1 aromatic rings. The Morgan fingerprint density at radius 2 is 1.92 bits per heavy atom. The molecule has 0 bridgehead atoms. The molecule has 0 N–H and O–H groups in total. The Morgan fingerprint density at radius 3 is 2.65 bits per heavy atom. The van der Waals surface area contributed by atoms with E-state index in [1.807, 2.05) is 35.2 Å². The monoisotopic (exact) mass is 359 g/mol. The summed E-state index contributed by atoms with van der Waals surface area (Å²) in [6, 6.07) is 10.5. The third-order valence-electron chi connectivity index (χ3n) is 5.89. The predicted octanol–water partition coefficient (Wildman–Crippen LogP) is 0.821. The maximum Gasteiger partial charge on any atom is 0.248 e. The number of carbonyl (C=O) groups is 1. The molecule has 1 amide bonds. The Labute approximate surface area is 155 Å². The minimum absolute atomic E-state index is 0.0678. The number of piperazine rings is 1. The van der Waals surface area contributed by atoms with E-state index in [9.17, 15) is 4.79 Å². The highest BCUT2D eigenvalue weighted by Crippen LogP contribution is 2.37. The fraction of sp³-hybridized carbons (Fsp3) is 0.650. The molecular weight excluding hydrogens is 330 g/mol. The quantitative estimate of drug-likeness (QED) is 0.779. The highest BCUT2D eigenvalue weighted by atomic mass is 16.5. The van der Waals surface area contributed by atoms with Crippen LogP contribution in [0.5, 0.6) is 0 Å². The molecule has 3 fully saturated rings. The molecule has 3 heterocycles. The van der Waals surface area contributed by atoms with E-state index in [-0.39, 0.29) is 18.1 Å². The Balaban J connectivity index is 1.18. The molecule has 1 unspecified atom stereocenters. The molecule has 3 aliphatic rings. The first kappa shape index (κ1) is 17.9. The van der Waals surface area contributed by atoms with Crippen molar-refractivity contribution in [3.8, 4) is 0 Å². The van der Waals surface area contributed by atoms with Gasteiger partial charge in [0.1, 0.15) is 12.2 Å². The lowest BCUT2D eigenvalue weighted by Crippen LogP contribution is -2.64. The van der Waals surface area contributed by atoms with Crippen LogP contribution in [0.1, 0.15) is 12.0 Å². The van der Waals surface area contributed by atoms with Crippen molar-refractivity contribution in [1.82, 2.24) is 14.7 Å². The van der Waals surface area contributed by atoms with Gasteiger partial charge in [-0.25, -0.2) is 0 Å². The van der Waals surface area contributed by atoms with Crippen molar-refractivity contribution in [3.05, 3.63) is 35.9 Å². The van der Waals surface area contributed by atoms with Crippen molar-refractivity contribution in [3.63, 3.8) is 0 Å². The summed E-state index contributed by atoms with van der Waals surface area (Å²) in [6.45, 7) is 7.36. The van der Waals surface area contributed by atoms with Gasteiger partial charge in [0.15, 0.2) is 0 Å². The number of likely N-dealkylation sites (N-methyl/N-ethyl adjacent to an activating group) is 1. The molecule has 1 atom stereocenters. The molecular formula is C20H29N3O3. The second-order valence-electron chi connectivity index (χ2n) is 7.92. The molecule has 0 saturated carbocycles. The van der Waals surface area contributed by atoms with Gasteiger partial charge in [0.2, 0.25) is 5.91 Å². The molecule has 6 nitrogen and oxygen atoms in total. The van der Waals surface area contributed by atoms with Crippen LogP contribution in [0.15, 0.2) is 30.3 Å². The van der Waals surface area contributed by atoms with E-state index >= 15 is 0 Å². The van der Waals surface area contributed by atoms with Gasteiger partial charge in [0.25, 0.3) is 0 Å². The molecule has 6 heteroatoms. The third kappa shape index (κ3) is 3.93. The van der Waals surface area contributed by atoms with Crippen LogP contribution in [-0.2, 0) is 20.9 Å². The molecule has 4 rings (SSSR count). The third-order valence-corrected chi connectivity index (χ3v) is 5.89. The Hall–Kier alpha value is -1.47. The van der Waals surface area contributed by atoms with E-state index in [1.54, 1.807) is 0 Å². The van der Waals surface area contributed by atoms with Crippen LogP contribution in [0.3, 0.4) is 0 Å². The summed E-state index contributed by atoms with van der Waals surface area (Å²) in [5, 5.41) is 0. The maximum atomic E-state index is 12.3. The molecule has 1 spiro atoms. The Morgan fingerprint density at radius 1 is 1.19 bits per heavy atom. The highest BCUT2D eigenvalue weighted by molar-refractivity contribution is 5.78. The standard InChI is InChI=1S/C20H29N3O3/c1-21-7-9-22(10-8-21)18-11-20(26-13-18)15-23(16-20)19(24)14-25-12-17-5-3-2-4-6-17/h2-6,18H,7-16H2,1H3. The zero-order valence-corrected chi connectivity index (χ0v) is 15.6. The van der Waals surface area contributed by atoms with Crippen molar-refractivity contribution in [2.24, 2.45) is 0 Å². The smallest absolute Gasteiger partial charge is 0.248 e. The van der Waals surface area contributed by atoms with Gasteiger partial charge in [-0.3, -0.25) is 9.69 Å². The SMILES string of the molecule is CN1CCN(C2COC3(C2)CN(C(=O)COCc2ccccc2)C3)CC1. The molecule has 3 aliphatic heterocycles. The number of ether oxygens (including phenoxy) is 2. The van der Waals surface area contributed by atoms with Crippen LogP contribution >= 0.6 is 0 Å². The lowest BCUT2D eigenvalue weighted by atomic mass is 9.89.